The Morgan fingerprint density at radius 2 is 2.12 bits per heavy atom. The third-order valence-corrected chi connectivity index (χ3v) is 2.99. The molecule has 0 bridgehead atoms. The zero-order chi connectivity index (χ0) is 11.4. The van der Waals surface area contributed by atoms with E-state index in [2.05, 4.69) is 22.6 Å². The van der Waals surface area contributed by atoms with Crippen LogP contribution in [0.15, 0.2) is 18.2 Å². The standard InChI is InChI=1S/C11H15FINO.ClH/c1-2-3-10(15)11(14)8-6-7(13)4-5-9(8)12;/h4-6,10-11,15H,2-3,14H2,1H3;1H/t10-,11+;/m0./s1. The predicted molar refractivity (Wildman–Crippen MR) is 74.2 cm³/mol. The second-order valence-electron chi connectivity index (χ2n) is 3.55. The van der Waals surface area contributed by atoms with Crippen molar-refractivity contribution in [3.8, 4) is 0 Å². The number of hydrogen-bond acceptors (Lipinski definition) is 2. The number of benzene rings is 1. The van der Waals surface area contributed by atoms with Crippen LogP contribution in [-0.4, -0.2) is 11.2 Å². The fraction of sp³-hybridized carbons (Fsp3) is 0.455. The predicted octanol–water partition coefficient (Wildman–Crippen LogP) is 3.01. The molecule has 3 N–H and O–H groups in total. The Kier molecular flexibility index (Phi) is 7.46. The molecule has 2 atom stereocenters. The average Bonchev–Trinajstić information content (AvgIpc) is 2.21. The summed E-state index contributed by atoms with van der Waals surface area (Å²) >= 11 is 2.10. The van der Waals surface area contributed by atoms with E-state index in [0.29, 0.717) is 12.0 Å². The number of halogens is 3. The molecule has 0 radical (unpaired) electrons. The van der Waals surface area contributed by atoms with Crippen LogP contribution in [0.25, 0.3) is 0 Å². The molecule has 5 heteroatoms. The van der Waals surface area contributed by atoms with Crippen LogP contribution in [0.5, 0.6) is 0 Å². The maximum absolute atomic E-state index is 13.4. The van der Waals surface area contributed by atoms with Crippen LogP contribution in [-0.2, 0) is 0 Å². The molecule has 0 heterocycles. The van der Waals surface area contributed by atoms with Crippen molar-refractivity contribution in [1.29, 1.82) is 0 Å². The normalized spacial score (nSPS) is 14.1. The van der Waals surface area contributed by atoms with Crippen molar-refractivity contribution in [1.82, 2.24) is 0 Å². The van der Waals surface area contributed by atoms with Crippen LogP contribution in [0.2, 0.25) is 0 Å². The van der Waals surface area contributed by atoms with Gasteiger partial charge in [0.25, 0.3) is 0 Å². The topological polar surface area (TPSA) is 46.2 Å². The molecule has 1 aromatic rings. The van der Waals surface area contributed by atoms with Crippen LogP contribution in [0.1, 0.15) is 31.4 Å². The van der Waals surface area contributed by atoms with Gasteiger partial charge in [0.1, 0.15) is 5.82 Å². The molecule has 0 saturated carbocycles. The summed E-state index contributed by atoms with van der Waals surface area (Å²) in [4.78, 5) is 0. The van der Waals surface area contributed by atoms with Gasteiger partial charge in [-0.1, -0.05) is 13.3 Å². The maximum atomic E-state index is 13.4. The summed E-state index contributed by atoms with van der Waals surface area (Å²) in [6.45, 7) is 1.96. The number of hydrogen-bond donors (Lipinski definition) is 2. The van der Waals surface area contributed by atoms with Crippen molar-refractivity contribution in [2.75, 3.05) is 0 Å². The average molecular weight is 360 g/mol. The fourth-order valence-corrected chi connectivity index (χ4v) is 1.97. The van der Waals surface area contributed by atoms with Gasteiger partial charge < -0.3 is 10.8 Å². The van der Waals surface area contributed by atoms with E-state index in [-0.39, 0.29) is 18.2 Å². The number of aliphatic hydroxyl groups is 1. The van der Waals surface area contributed by atoms with E-state index < -0.39 is 12.1 Å². The van der Waals surface area contributed by atoms with Gasteiger partial charge in [-0.3, -0.25) is 0 Å². The first kappa shape index (κ1) is 16.1. The van der Waals surface area contributed by atoms with Crippen molar-refractivity contribution < 1.29 is 9.50 Å². The highest BCUT2D eigenvalue weighted by atomic mass is 127. The third-order valence-electron chi connectivity index (χ3n) is 2.32. The van der Waals surface area contributed by atoms with Gasteiger partial charge >= 0.3 is 0 Å². The van der Waals surface area contributed by atoms with Crippen LogP contribution < -0.4 is 5.73 Å². The molecule has 1 rings (SSSR count). The van der Waals surface area contributed by atoms with E-state index >= 15 is 0 Å². The molecule has 1 aromatic carbocycles. The maximum Gasteiger partial charge on any atom is 0.128 e. The number of aliphatic hydroxyl groups excluding tert-OH is 1. The Balaban J connectivity index is 0.00000225. The summed E-state index contributed by atoms with van der Waals surface area (Å²) in [6, 6.07) is 4.10. The lowest BCUT2D eigenvalue weighted by molar-refractivity contribution is 0.133. The molecule has 0 fully saturated rings. The van der Waals surface area contributed by atoms with Gasteiger partial charge in [0.05, 0.1) is 12.1 Å². The lowest BCUT2D eigenvalue weighted by atomic mass is 9.99. The van der Waals surface area contributed by atoms with E-state index in [4.69, 9.17) is 5.73 Å². The number of nitrogens with two attached hydrogens (primary N) is 1. The van der Waals surface area contributed by atoms with E-state index in [1.165, 1.54) is 6.07 Å². The van der Waals surface area contributed by atoms with E-state index in [0.717, 1.165) is 9.99 Å². The first-order valence-corrected chi connectivity index (χ1v) is 6.02. The Bertz CT molecular complexity index is 338. The van der Waals surface area contributed by atoms with Gasteiger partial charge in [0.15, 0.2) is 0 Å². The highest BCUT2D eigenvalue weighted by Gasteiger charge is 2.19. The molecule has 0 aliphatic carbocycles. The monoisotopic (exact) mass is 359 g/mol. The summed E-state index contributed by atoms with van der Waals surface area (Å²) in [5.74, 6) is -0.349. The van der Waals surface area contributed by atoms with Crippen LogP contribution >= 0.6 is 35.0 Å². The molecule has 0 unspecified atom stereocenters. The lowest BCUT2D eigenvalue weighted by Gasteiger charge is -2.19. The molecule has 16 heavy (non-hydrogen) atoms. The molecule has 0 aromatic heterocycles. The smallest absolute Gasteiger partial charge is 0.128 e. The number of rotatable bonds is 4. The van der Waals surface area contributed by atoms with Gasteiger partial charge in [0.2, 0.25) is 0 Å². The molecule has 0 aliphatic heterocycles. The van der Waals surface area contributed by atoms with Gasteiger partial charge in [-0.05, 0) is 47.2 Å². The first-order chi connectivity index (χ1) is 7.06. The van der Waals surface area contributed by atoms with Crippen molar-refractivity contribution in [3.05, 3.63) is 33.1 Å². The van der Waals surface area contributed by atoms with E-state index in [1.54, 1.807) is 12.1 Å². The van der Waals surface area contributed by atoms with Crippen molar-refractivity contribution in [3.63, 3.8) is 0 Å². The summed E-state index contributed by atoms with van der Waals surface area (Å²) in [7, 11) is 0. The highest BCUT2D eigenvalue weighted by Crippen LogP contribution is 2.22. The Labute approximate surface area is 115 Å². The third kappa shape index (κ3) is 4.16. The summed E-state index contributed by atoms with van der Waals surface area (Å²) in [6.07, 6.45) is 0.745. The summed E-state index contributed by atoms with van der Waals surface area (Å²) in [5, 5.41) is 9.69. The van der Waals surface area contributed by atoms with Crippen molar-refractivity contribution >= 4 is 35.0 Å². The Hall–Kier alpha value is 0.0900. The summed E-state index contributed by atoms with van der Waals surface area (Å²) < 4.78 is 14.3. The van der Waals surface area contributed by atoms with E-state index in [1.807, 2.05) is 6.92 Å². The quantitative estimate of drug-likeness (QED) is 0.812. The van der Waals surface area contributed by atoms with Gasteiger partial charge in [-0.2, -0.15) is 0 Å². The Morgan fingerprint density at radius 3 is 2.69 bits per heavy atom. The largest absolute Gasteiger partial charge is 0.391 e. The molecule has 0 aliphatic rings. The summed E-state index contributed by atoms with van der Waals surface area (Å²) in [5.41, 5.74) is 6.19. The Morgan fingerprint density at radius 1 is 1.50 bits per heavy atom. The first-order valence-electron chi connectivity index (χ1n) is 4.94. The molecule has 0 saturated heterocycles. The van der Waals surface area contributed by atoms with Crippen molar-refractivity contribution in [2.24, 2.45) is 5.73 Å². The molecular formula is C11H16ClFINO. The molecule has 0 spiro atoms. The second-order valence-corrected chi connectivity index (χ2v) is 4.79. The SMILES string of the molecule is CCC[C@H](O)[C@H](N)c1cc(I)ccc1F.Cl. The molecule has 0 amide bonds. The minimum atomic E-state index is -0.678. The second kappa shape index (κ2) is 7.42. The van der Waals surface area contributed by atoms with E-state index in [9.17, 15) is 9.50 Å². The van der Waals surface area contributed by atoms with Gasteiger partial charge in [-0.15, -0.1) is 12.4 Å². The van der Waals surface area contributed by atoms with Crippen LogP contribution in [0.3, 0.4) is 0 Å². The minimum absolute atomic E-state index is 0. The fourth-order valence-electron chi connectivity index (χ4n) is 1.45. The zero-order valence-corrected chi connectivity index (χ0v) is 12.0. The minimum Gasteiger partial charge on any atom is -0.391 e. The van der Waals surface area contributed by atoms with Crippen molar-refractivity contribution in [2.45, 2.75) is 31.9 Å². The van der Waals surface area contributed by atoms with Gasteiger partial charge in [0, 0.05) is 9.13 Å². The van der Waals surface area contributed by atoms with Crippen LogP contribution in [0.4, 0.5) is 4.39 Å². The highest BCUT2D eigenvalue weighted by molar-refractivity contribution is 14.1. The molecule has 2 nitrogen and oxygen atoms in total. The molecular weight excluding hydrogens is 343 g/mol. The van der Waals surface area contributed by atoms with Gasteiger partial charge in [-0.25, -0.2) is 4.39 Å². The van der Waals surface area contributed by atoms with Crippen LogP contribution in [0, 0.1) is 9.39 Å². The lowest BCUT2D eigenvalue weighted by Crippen LogP contribution is -2.27. The zero-order valence-electron chi connectivity index (χ0n) is 8.99. The molecule has 92 valence electrons.